The number of aromatic nitrogens is 1. The normalized spacial score (nSPS) is 12.4. The molecule has 0 saturated heterocycles. The monoisotopic (exact) mass is 308 g/mol. The van der Waals surface area contributed by atoms with Crippen molar-refractivity contribution in [2.24, 2.45) is 0 Å². The van der Waals surface area contributed by atoms with Gasteiger partial charge in [-0.05, 0) is 32.9 Å². The third-order valence-corrected chi connectivity index (χ3v) is 4.46. The van der Waals surface area contributed by atoms with Crippen LogP contribution in [-0.4, -0.2) is 18.6 Å². The topological polar surface area (TPSA) is 34.1 Å². The molecule has 0 spiro atoms. The molecule has 1 atom stereocenters. The first kappa shape index (κ1) is 15.9. The summed E-state index contributed by atoms with van der Waals surface area (Å²) >= 11 is 1.61. The van der Waals surface area contributed by atoms with Crippen LogP contribution in [0, 0.1) is 19.7 Å². The molecule has 114 valence electrons. The maximum Gasteiger partial charge on any atom is 0.132 e. The fourth-order valence-electron chi connectivity index (χ4n) is 2.32. The molecule has 2 aromatic rings. The van der Waals surface area contributed by atoms with Crippen molar-refractivity contribution in [2.45, 2.75) is 33.2 Å². The van der Waals surface area contributed by atoms with Crippen molar-refractivity contribution >= 4 is 11.3 Å². The number of methoxy groups -OCH3 is 1. The average molecular weight is 308 g/mol. The van der Waals surface area contributed by atoms with Crippen molar-refractivity contribution in [3.63, 3.8) is 0 Å². The predicted molar refractivity (Wildman–Crippen MR) is 84.7 cm³/mol. The highest BCUT2D eigenvalue weighted by atomic mass is 32.1. The van der Waals surface area contributed by atoms with E-state index in [4.69, 9.17) is 4.74 Å². The largest absolute Gasteiger partial charge is 0.497 e. The Morgan fingerprint density at radius 3 is 2.67 bits per heavy atom. The molecule has 0 aliphatic rings. The number of thiazole rings is 1. The van der Waals surface area contributed by atoms with Crippen LogP contribution in [0.25, 0.3) is 0 Å². The first-order valence-electron chi connectivity index (χ1n) is 7.07. The Morgan fingerprint density at radius 1 is 1.38 bits per heavy atom. The molecule has 0 radical (unpaired) electrons. The minimum absolute atomic E-state index is 0.165. The van der Waals surface area contributed by atoms with E-state index in [1.54, 1.807) is 23.5 Å². The van der Waals surface area contributed by atoms with Crippen LogP contribution in [0.3, 0.4) is 0 Å². The van der Waals surface area contributed by atoms with Gasteiger partial charge in [0.05, 0.1) is 23.9 Å². The highest BCUT2D eigenvalue weighted by Gasteiger charge is 2.22. The summed E-state index contributed by atoms with van der Waals surface area (Å²) in [5, 5.41) is 4.42. The lowest BCUT2D eigenvalue weighted by atomic mass is 10.0. The SMILES string of the molecule is CCCNC(c1ccc(OC)cc1F)c1sc(C)nc1C. The Bertz CT molecular complexity index is 612. The molecule has 0 saturated carbocycles. The van der Waals surface area contributed by atoms with Gasteiger partial charge >= 0.3 is 0 Å². The van der Waals surface area contributed by atoms with Gasteiger partial charge in [0.15, 0.2) is 0 Å². The van der Waals surface area contributed by atoms with Gasteiger partial charge in [-0.15, -0.1) is 11.3 Å². The molecule has 0 fully saturated rings. The molecule has 0 aliphatic heterocycles. The summed E-state index contributed by atoms with van der Waals surface area (Å²) in [6.45, 7) is 6.87. The lowest BCUT2D eigenvalue weighted by Crippen LogP contribution is -2.24. The third-order valence-electron chi connectivity index (χ3n) is 3.32. The highest BCUT2D eigenvalue weighted by Crippen LogP contribution is 2.32. The van der Waals surface area contributed by atoms with Gasteiger partial charge in [0, 0.05) is 16.5 Å². The fourth-order valence-corrected chi connectivity index (χ4v) is 3.34. The second-order valence-electron chi connectivity index (χ2n) is 4.96. The van der Waals surface area contributed by atoms with Crippen molar-refractivity contribution in [1.29, 1.82) is 0 Å². The fraction of sp³-hybridized carbons (Fsp3) is 0.438. The van der Waals surface area contributed by atoms with Gasteiger partial charge in [-0.25, -0.2) is 9.37 Å². The summed E-state index contributed by atoms with van der Waals surface area (Å²) in [7, 11) is 1.54. The van der Waals surface area contributed by atoms with E-state index in [0.29, 0.717) is 11.3 Å². The molecule has 2 rings (SSSR count). The number of rotatable bonds is 6. The van der Waals surface area contributed by atoms with Crippen molar-refractivity contribution in [2.75, 3.05) is 13.7 Å². The lowest BCUT2D eigenvalue weighted by Gasteiger charge is -2.19. The molecular formula is C16H21FN2OS. The molecule has 0 aliphatic carbocycles. The highest BCUT2D eigenvalue weighted by molar-refractivity contribution is 7.11. The zero-order valence-corrected chi connectivity index (χ0v) is 13.7. The standard InChI is InChI=1S/C16H21FN2OS/c1-5-8-18-15(16-10(2)19-11(3)21-16)13-7-6-12(20-4)9-14(13)17/h6-7,9,15,18H,5,8H2,1-4H3. The van der Waals surface area contributed by atoms with E-state index in [0.717, 1.165) is 28.5 Å². The maximum atomic E-state index is 14.4. The van der Waals surface area contributed by atoms with E-state index in [1.807, 2.05) is 13.8 Å². The molecule has 21 heavy (non-hydrogen) atoms. The zero-order chi connectivity index (χ0) is 15.4. The van der Waals surface area contributed by atoms with Crippen LogP contribution in [0.4, 0.5) is 4.39 Å². The summed E-state index contributed by atoms with van der Waals surface area (Å²) in [5.41, 5.74) is 1.59. The number of nitrogens with zero attached hydrogens (tertiary/aromatic N) is 1. The Kier molecular flexibility index (Phi) is 5.31. The van der Waals surface area contributed by atoms with Crippen LogP contribution in [0.1, 0.15) is 40.5 Å². The maximum absolute atomic E-state index is 14.4. The van der Waals surface area contributed by atoms with Crippen LogP contribution < -0.4 is 10.1 Å². The first-order valence-corrected chi connectivity index (χ1v) is 7.89. The van der Waals surface area contributed by atoms with Crippen molar-refractivity contribution < 1.29 is 9.13 Å². The van der Waals surface area contributed by atoms with Crippen LogP contribution in [0.2, 0.25) is 0 Å². The molecule has 3 nitrogen and oxygen atoms in total. The summed E-state index contributed by atoms with van der Waals surface area (Å²) < 4.78 is 19.5. The van der Waals surface area contributed by atoms with E-state index < -0.39 is 0 Å². The van der Waals surface area contributed by atoms with Crippen LogP contribution in [0.15, 0.2) is 18.2 Å². The molecule has 0 bridgehead atoms. The van der Waals surface area contributed by atoms with E-state index in [9.17, 15) is 4.39 Å². The van der Waals surface area contributed by atoms with Gasteiger partial charge in [-0.2, -0.15) is 0 Å². The van der Waals surface area contributed by atoms with Gasteiger partial charge in [0.2, 0.25) is 0 Å². The number of benzene rings is 1. The van der Waals surface area contributed by atoms with Crippen LogP contribution >= 0.6 is 11.3 Å². The average Bonchev–Trinajstić information content (AvgIpc) is 2.79. The second-order valence-corrected chi connectivity index (χ2v) is 6.19. The van der Waals surface area contributed by atoms with E-state index in [2.05, 4.69) is 17.2 Å². The smallest absolute Gasteiger partial charge is 0.132 e. The number of halogens is 1. The molecule has 1 unspecified atom stereocenters. The Hall–Kier alpha value is -1.46. The molecule has 5 heteroatoms. The molecule has 1 aromatic heterocycles. The predicted octanol–water partition coefficient (Wildman–Crippen LogP) is 4.00. The number of hydrogen-bond acceptors (Lipinski definition) is 4. The van der Waals surface area contributed by atoms with E-state index in [-0.39, 0.29) is 11.9 Å². The number of hydrogen-bond donors (Lipinski definition) is 1. The number of aryl methyl sites for hydroxylation is 2. The van der Waals surface area contributed by atoms with E-state index >= 15 is 0 Å². The van der Waals surface area contributed by atoms with Gasteiger partial charge in [0.25, 0.3) is 0 Å². The summed E-state index contributed by atoms with van der Waals surface area (Å²) in [5.74, 6) is 0.274. The third kappa shape index (κ3) is 3.60. The van der Waals surface area contributed by atoms with Crippen molar-refractivity contribution in [3.05, 3.63) is 45.2 Å². The number of nitrogens with one attached hydrogen (secondary N) is 1. The second kappa shape index (κ2) is 7.00. The number of ether oxygens (including phenoxy) is 1. The summed E-state index contributed by atoms with van der Waals surface area (Å²) in [6.07, 6.45) is 0.991. The quantitative estimate of drug-likeness (QED) is 0.876. The molecule has 1 N–H and O–H groups in total. The summed E-state index contributed by atoms with van der Waals surface area (Å²) in [4.78, 5) is 5.53. The minimum Gasteiger partial charge on any atom is -0.497 e. The van der Waals surface area contributed by atoms with Crippen molar-refractivity contribution in [1.82, 2.24) is 10.3 Å². The summed E-state index contributed by atoms with van der Waals surface area (Å²) in [6, 6.07) is 4.85. The van der Waals surface area contributed by atoms with Crippen LogP contribution in [-0.2, 0) is 0 Å². The van der Waals surface area contributed by atoms with Gasteiger partial charge in [-0.1, -0.05) is 13.0 Å². The molecule has 1 heterocycles. The van der Waals surface area contributed by atoms with Crippen LogP contribution in [0.5, 0.6) is 5.75 Å². The Labute approximate surface area is 129 Å². The minimum atomic E-state index is -0.256. The molecule has 0 amide bonds. The lowest BCUT2D eigenvalue weighted by molar-refractivity contribution is 0.410. The van der Waals surface area contributed by atoms with Gasteiger partial charge < -0.3 is 10.1 Å². The zero-order valence-electron chi connectivity index (χ0n) is 12.9. The molecular weight excluding hydrogens is 287 g/mol. The first-order chi connectivity index (χ1) is 10.1. The Balaban J connectivity index is 2.42. The van der Waals surface area contributed by atoms with E-state index in [1.165, 1.54) is 13.2 Å². The van der Waals surface area contributed by atoms with Gasteiger partial charge in [0.1, 0.15) is 11.6 Å². The van der Waals surface area contributed by atoms with Gasteiger partial charge in [-0.3, -0.25) is 0 Å². The molecule has 1 aromatic carbocycles. The van der Waals surface area contributed by atoms with Crippen molar-refractivity contribution in [3.8, 4) is 5.75 Å². The Morgan fingerprint density at radius 2 is 2.14 bits per heavy atom.